The van der Waals surface area contributed by atoms with Gasteiger partial charge in [0.25, 0.3) is 0 Å². The third-order valence-corrected chi connectivity index (χ3v) is 5.34. The van der Waals surface area contributed by atoms with Crippen LogP contribution in [0.2, 0.25) is 0 Å². The highest BCUT2D eigenvalue weighted by Crippen LogP contribution is 2.38. The number of amides is 1. The second-order valence-corrected chi connectivity index (χ2v) is 8.09. The third kappa shape index (κ3) is 3.04. The molecule has 4 heteroatoms. The average Bonchev–Trinajstić information content (AvgIpc) is 3.07. The minimum absolute atomic E-state index is 0.273. The molecular weight excluding hydrogens is 288 g/mol. The van der Waals surface area contributed by atoms with E-state index in [1.807, 2.05) is 20.8 Å². The average molecular weight is 316 g/mol. The number of hydrogen-bond acceptors (Lipinski definition) is 2. The van der Waals surface area contributed by atoms with E-state index in [1.165, 1.54) is 41.6 Å². The van der Waals surface area contributed by atoms with Crippen LogP contribution in [-0.4, -0.2) is 34.2 Å². The van der Waals surface area contributed by atoms with Crippen LogP contribution in [0.1, 0.15) is 50.8 Å². The Morgan fingerprint density at radius 3 is 2.70 bits per heavy atom. The molecule has 3 rings (SSSR count). The van der Waals surface area contributed by atoms with E-state index >= 15 is 0 Å². The van der Waals surface area contributed by atoms with E-state index in [4.69, 9.17) is 0 Å². The van der Waals surface area contributed by atoms with Gasteiger partial charge in [0.15, 0.2) is 0 Å². The van der Waals surface area contributed by atoms with Crippen molar-refractivity contribution in [2.75, 3.05) is 11.9 Å². The number of hydrogen-bond donors (Lipinski definition) is 2. The van der Waals surface area contributed by atoms with Crippen LogP contribution in [0.3, 0.4) is 0 Å². The van der Waals surface area contributed by atoms with E-state index < -0.39 is 6.09 Å². The van der Waals surface area contributed by atoms with Gasteiger partial charge in [-0.2, -0.15) is 0 Å². The maximum atomic E-state index is 11.6. The highest BCUT2D eigenvalue weighted by Gasteiger charge is 2.33. The van der Waals surface area contributed by atoms with Crippen molar-refractivity contribution in [3.63, 3.8) is 0 Å². The number of carbonyl (C=O) groups is 1. The number of aryl methyl sites for hydroxylation is 1. The fraction of sp³-hybridized carbons (Fsp3) is 0.632. The highest BCUT2D eigenvalue weighted by atomic mass is 16.4. The quantitative estimate of drug-likeness (QED) is 0.888. The lowest BCUT2D eigenvalue weighted by Crippen LogP contribution is -2.49. The molecule has 0 aromatic heterocycles. The van der Waals surface area contributed by atoms with E-state index in [0.29, 0.717) is 12.6 Å². The van der Waals surface area contributed by atoms with Crippen LogP contribution in [0.4, 0.5) is 10.5 Å². The van der Waals surface area contributed by atoms with Gasteiger partial charge in [0.2, 0.25) is 0 Å². The molecule has 1 aromatic carbocycles. The minimum Gasteiger partial charge on any atom is -0.465 e. The van der Waals surface area contributed by atoms with Crippen molar-refractivity contribution in [1.82, 2.24) is 4.90 Å². The van der Waals surface area contributed by atoms with Gasteiger partial charge in [0, 0.05) is 23.8 Å². The summed E-state index contributed by atoms with van der Waals surface area (Å²) in [4.78, 5) is 13.1. The molecule has 1 heterocycles. The van der Waals surface area contributed by atoms with Crippen LogP contribution in [-0.2, 0) is 19.3 Å². The molecule has 2 unspecified atom stereocenters. The van der Waals surface area contributed by atoms with E-state index in [1.54, 1.807) is 4.90 Å². The highest BCUT2D eigenvalue weighted by molar-refractivity contribution is 5.67. The fourth-order valence-electron chi connectivity index (χ4n) is 3.94. The smallest absolute Gasteiger partial charge is 0.407 e. The first kappa shape index (κ1) is 16.2. The van der Waals surface area contributed by atoms with Crippen molar-refractivity contribution < 1.29 is 9.90 Å². The van der Waals surface area contributed by atoms with Gasteiger partial charge in [0.05, 0.1) is 0 Å². The maximum absolute atomic E-state index is 11.6. The third-order valence-electron chi connectivity index (χ3n) is 5.34. The topological polar surface area (TPSA) is 52.6 Å². The van der Waals surface area contributed by atoms with Crippen molar-refractivity contribution >= 4 is 11.8 Å². The summed E-state index contributed by atoms with van der Waals surface area (Å²) in [7, 11) is 0. The summed E-state index contributed by atoms with van der Waals surface area (Å²) in [6.07, 6.45) is 3.80. The van der Waals surface area contributed by atoms with Crippen molar-refractivity contribution in [3.05, 3.63) is 28.8 Å². The number of nitrogens with one attached hydrogen (secondary N) is 1. The normalized spacial score (nSPS) is 20.6. The van der Waals surface area contributed by atoms with Gasteiger partial charge in [0.1, 0.15) is 0 Å². The molecule has 126 valence electrons. The lowest BCUT2D eigenvalue weighted by molar-refractivity contribution is 0.0886. The van der Waals surface area contributed by atoms with E-state index in [9.17, 15) is 9.90 Å². The van der Waals surface area contributed by atoms with Crippen molar-refractivity contribution in [3.8, 4) is 0 Å². The Bertz CT molecular complexity index is 619. The molecule has 23 heavy (non-hydrogen) atoms. The van der Waals surface area contributed by atoms with Crippen LogP contribution in [0.25, 0.3) is 0 Å². The Hall–Kier alpha value is -1.71. The molecule has 0 spiro atoms. The first-order chi connectivity index (χ1) is 10.8. The summed E-state index contributed by atoms with van der Waals surface area (Å²) in [5, 5.41) is 13.2. The number of carboxylic acid groups (broad SMARTS) is 1. The summed E-state index contributed by atoms with van der Waals surface area (Å²) in [6.45, 7) is 8.59. The van der Waals surface area contributed by atoms with E-state index in [2.05, 4.69) is 24.4 Å². The van der Waals surface area contributed by atoms with Crippen molar-refractivity contribution in [2.45, 2.75) is 65.0 Å². The Morgan fingerprint density at radius 2 is 2.04 bits per heavy atom. The number of rotatable bonds is 3. The molecule has 2 aliphatic rings. The fourth-order valence-corrected chi connectivity index (χ4v) is 3.94. The molecule has 0 bridgehead atoms. The zero-order valence-electron chi connectivity index (χ0n) is 14.6. The molecule has 0 saturated carbocycles. The van der Waals surface area contributed by atoms with Gasteiger partial charge in [-0.3, -0.25) is 0 Å². The van der Waals surface area contributed by atoms with Crippen molar-refractivity contribution in [2.24, 2.45) is 5.92 Å². The Labute approximate surface area is 138 Å². The molecule has 4 nitrogen and oxygen atoms in total. The van der Waals surface area contributed by atoms with Gasteiger partial charge >= 0.3 is 6.09 Å². The molecule has 1 aliphatic carbocycles. The minimum atomic E-state index is -0.833. The molecule has 0 fully saturated rings. The van der Waals surface area contributed by atoms with Gasteiger partial charge < -0.3 is 15.3 Å². The standard InChI is InChI=1S/C19H28N2O2/c1-12(11-21(18(22)23)19(2,3)4)16-10-14-9-8-13-6-5-7-15(13)17(14)20-16/h8-9,12,16,20H,5-7,10-11H2,1-4H3,(H,22,23). The van der Waals surface area contributed by atoms with E-state index in [-0.39, 0.29) is 11.5 Å². The first-order valence-corrected chi connectivity index (χ1v) is 8.68. The maximum Gasteiger partial charge on any atom is 0.407 e. The predicted octanol–water partition coefficient (Wildman–Crippen LogP) is 3.93. The first-order valence-electron chi connectivity index (χ1n) is 8.68. The van der Waals surface area contributed by atoms with Crippen LogP contribution in [0.15, 0.2) is 12.1 Å². The van der Waals surface area contributed by atoms with Crippen LogP contribution >= 0.6 is 0 Å². The van der Waals surface area contributed by atoms with Crippen LogP contribution in [0, 0.1) is 5.92 Å². The Kier molecular flexibility index (Phi) is 4.03. The summed E-state index contributed by atoms with van der Waals surface area (Å²) in [5.74, 6) is 0.273. The van der Waals surface area contributed by atoms with Crippen LogP contribution < -0.4 is 5.32 Å². The van der Waals surface area contributed by atoms with Crippen molar-refractivity contribution in [1.29, 1.82) is 0 Å². The van der Waals surface area contributed by atoms with Gasteiger partial charge in [-0.25, -0.2) is 4.79 Å². The van der Waals surface area contributed by atoms with Gasteiger partial charge in [-0.15, -0.1) is 0 Å². The largest absolute Gasteiger partial charge is 0.465 e. The second kappa shape index (κ2) is 5.73. The summed E-state index contributed by atoms with van der Waals surface area (Å²) >= 11 is 0. The number of nitrogens with zero attached hydrogens (tertiary/aromatic N) is 1. The number of anilines is 1. The molecule has 1 amide bonds. The Balaban J connectivity index is 1.73. The molecule has 2 N–H and O–H groups in total. The number of fused-ring (bicyclic) bond motifs is 3. The SMILES string of the molecule is CC(CN(C(=O)O)C(C)(C)C)C1Cc2ccc3c(c2N1)CCC3. The van der Waals surface area contributed by atoms with E-state index in [0.717, 1.165) is 6.42 Å². The zero-order valence-corrected chi connectivity index (χ0v) is 14.6. The second-order valence-electron chi connectivity index (χ2n) is 8.09. The molecule has 0 radical (unpaired) electrons. The molecule has 1 aliphatic heterocycles. The van der Waals surface area contributed by atoms with Gasteiger partial charge in [-0.1, -0.05) is 19.1 Å². The monoisotopic (exact) mass is 316 g/mol. The molecular formula is C19H28N2O2. The predicted molar refractivity (Wildman–Crippen MR) is 93.2 cm³/mol. The molecule has 0 saturated heterocycles. The summed E-state index contributed by atoms with van der Waals surface area (Å²) in [6, 6.07) is 4.87. The van der Waals surface area contributed by atoms with Gasteiger partial charge in [-0.05, 0) is 69.1 Å². The summed E-state index contributed by atoms with van der Waals surface area (Å²) < 4.78 is 0. The lowest BCUT2D eigenvalue weighted by Gasteiger charge is -2.36. The number of benzene rings is 1. The zero-order chi connectivity index (χ0) is 16.8. The van der Waals surface area contributed by atoms with Crippen LogP contribution in [0.5, 0.6) is 0 Å². The molecule has 2 atom stereocenters. The summed E-state index contributed by atoms with van der Waals surface area (Å²) in [5.41, 5.74) is 5.37. The lowest BCUT2D eigenvalue weighted by atomic mass is 9.95. The molecule has 1 aromatic rings. The Morgan fingerprint density at radius 1 is 1.35 bits per heavy atom.